The molecular formula is C23H25ClN6O7S2. The van der Waals surface area contributed by atoms with E-state index in [2.05, 4.69) is 20.0 Å². The van der Waals surface area contributed by atoms with Gasteiger partial charge in [-0.2, -0.15) is 5.10 Å². The number of nitrogens with one attached hydrogen (secondary N) is 1. The Morgan fingerprint density at radius 2 is 1.72 bits per heavy atom. The van der Waals surface area contributed by atoms with Gasteiger partial charge >= 0.3 is 0 Å². The number of hydrogen-bond acceptors (Lipinski definition) is 10. The van der Waals surface area contributed by atoms with E-state index in [1.54, 1.807) is 42.2 Å². The van der Waals surface area contributed by atoms with Crippen LogP contribution in [0.25, 0.3) is 17.2 Å². The van der Waals surface area contributed by atoms with Gasteiger partial charge in [0, 0.05) is 30.1 Å². The van der Waals surface area contributed by atoms with Gasteiger partial charge in [0.2, 0.25) is 16.0 Å². The predicted molar refractivity (Wildman–Crippen MR) is 144 cm³/mol. The highest BCUT2D eigenvalue weighted by atomic mass is 35.5. The van der Waals surface area contributed by atoms with E-state index >= 15 is 0 Å². The van der Waals surface area contributed by atoms with Crippen LogP contribution in [-0.4, -0.2) is 72.7 Å². The molecule has 0 aliphatic heterocycles. The lowest BCUT2D eigenvalue weighted by Crippen LogP contribution is -2.24. The summed E-state index contributed by atoms with van der Waals surface area (Å²) >= 11 is 5.93. The number of aryl methyl sites for hydroxylation is 1. The Hall–Kier alpha value is -3.66. The Bertz CT molecular complexity index is 1710. The van der Waals surface area contributed by atoms with E-state index in [1.807, 2.05) is 0 Å². The number of halogens is 1. The summed E-state index contributed by atoms with van der Waals surface area (Å²) in [6.45, 7) is 0. The molecule has 0 unspecified atom stereocenters. The average Bonchev–Trinajstić information content (AvgIpc) is 3.47. The number of methoxy groups -OCH3 is 2. The number of benzene rings is 2. The van der Waals surface area contributed by atoms with Crippen molar-refractivity contribution in [1.82, 2.24) is 24.5 Å². The van der Waals surface area contributed by atoms with Crippen LogP contribution in [0, 0.1) is 0 Å². The van der Waals surface area contributed by atoms with E-state index < -0.39 is 31.7 Å². The standard InChI is InChI=1S/C23H25ClN6O7S2/c1-29-11-10-16(27-29)22-25-26-23(30(22)21-18(36-2)6-5-7-19(21)37-3)28-39(34,35)13-17(31)15-9-8-14(24)12-20(15)38(4,32)33/h5-12,17,31H,13H2,1-4H3,(H,26,28)/t17-/m0/s1. The van der Waals surface area contributed by atoms with Crippen LogP contribution in [0.15, 0.2) is 53.6 Å². The summed E-state index contributed by atoms with van der Waals surface area (Å²) in [5.41, 5.74) is 0.556. The summed E-state index contributed by atoms with van der Waals surface area (Å²) in [5.74, 6) is -0.318. The fourth-order valence-electron chi connectivity index (χ4n) is 3.90. The maximum absolute atomic E-state index is 13.2. The van der Waals surface area contributed by atoms with Crippen molar-refractivity contribution in [1.29, 1.82) is 0 Å². The monoisotopic (exact) mass is 596 g/mol. The molecule has 2 aromatic heterocycles. The minimum atomic E-state index is -4.35. The Labute approximate surface area is 229 Å². The molecule has 0 saturated heterocycles. The first-order valence-corrected chi connectivity index (χ1v) is 15.1. The minimum Gasteiger partial charge on any atom is -0.494 e. The van der Waals surface area contributed by atoms with Crippen LogP contribution in [0.5, 0.6) is 11.5 Å². The zero-order chi connectivity index (χ0) is 28.5. The Kier molecular flexibility index (Phi) is 7.88. The first-order chi connectivity index (χ1) is 18.3. The molecule has 2 N–H and O–H groups in total. The van der Waals surface area contributed by atoms with Gasteiger partial charge in [-0.1, -0.05) is 23.7 Å². The number of rotatable bonds is 10. The van der Waals surface area contributed by atoms with E-state index in [1.165, 1.54) is 30.9 Å². The first-order valence-electron chi connectivity index (χ1n) is 11.2. The summed E-state index contributed by atoms with van der Waals surface area (Å²) in [5, 5.41) is 23.4. The molecular weight excluding hydrogens is 572 g/mol. The highest BCUT2D eigenvalue weighted by Crippen LogP contribution is 2.37. The van der Waals surface area contributed by atoms with Gasteiger partial charge in [0.05, 0.1) is 31.0 Å². The minimum absolute atomic E-state index is 0.116. The first kappa shape index (κ1) is 28.4. The second-order valence-electron chi connectivity index (χ2n) is 8.42. The molecule has 0 saturated carbocycles. The number of hydrogen-bond donors (Lipinski definition) is 2. The molecule has 0 spiro atoms. The van der Waals surface area contributed by atoms with Crippen LogP contribution >= 0.6 is 11.6 Å². The average molecular weight is 597 g/mol. The van der Waals surface area contributed by atoms with Gasteiger partial charge in [-0.25, -0.2) is 16.8 Å². The van der Waals surface area contributed by atoms with Crippen LogP contribution in [0.2, 0.25) is 5.02 Å². The van der Waals surface area contributed by atoms with E-state index in [-0.39, 0.29) is 27.3 Å². The third-order valence-electron chi connectivity index (χ3n) is 5.59. The van der Waals surface area contributed by atoms with Crippen molar-refractivity contribution in [3.05, 3.63) is 59.2 Å². The molecule has 0 amide bonds. The smallest absolute Gasteiger partial charge is 0.243 e. The highest BCUT2D eigenvalue weighted by molar-refractivity contribution is 7.92. The predicted octanol–water partition coefficient (Wildman–Crippen LogP) is 2.22. The highest BCUT2D eigenvalue weighted by Gasteiger charge is 2.29. The Morgan fingerprint density at radius 1 is 1.05 bits per heavy atom. The Balaban J connectivity index is 1.79. The van der Waals surface area contributed by atoms with Crippen LogP contribution in [0.1, 0.15) is 11.7 Å². The molecule has 208 valence electrons. The third-order valence-corrected chi connectivity index (χ3v) is 8.23. The van der Waals surface area contributed by atoms with Crippen molar-refractivity contribution >= 4 is 37.4 Å². The summed E-state index contributed by atoms with van der Waals surface area (Å²) in [6.07, 6.45) is 0.903. The topological polar surface area (TPSA) is 168 Å². The van der Waals surface area contributed by atoms with E-state index in [0.717, 1.165) is 12.3 Å². The number of nitrogens with zero attached hydrogens (tertiary/aromatic N) is 5. The van der Waals surface area contributed by atoms with Crippen molar-refractivity contribution in [3.8, 4) is 28.7 Å². The molecule has 39 heavy (non-hydrogen) atoms. The van der Waals surface area contributed by atoms with Crippen molar-refractivity contribution in [2.24, 2.45) is 7.05 Å². The lowest BCUT2D eigenvalue weighted by atomic mass is 10.1. The van der Waals surface area contributed by atoms with Crippen LogP contribution in [0.3, 0.4) is 0 Å². The maximum atomic E-state index is 13.2. The molecule has 2 aromatic carbocycles. The van der Waals surface area contributed by atoms with E-state index in [9.17, 15) is 21.9 Å². The van der Waals surface area contributed by atoms with Crippen LogP contribution < -0.4 is 14.2 Å². The lowest BCUT2D eigenvalue weighted by Gasteiger charge is -2.18. The molecule has 4 aromatic rings. The molecule has 0 radical (unpaired) electrons. The van der Waals surface area contributed by atoms with Crippen LogP contribution in [-0.2, 0) is 26.9 Å². The van der Waals surface area contributed by atoms with Gasteiger partial charge in [0.1, 0.15) is 22.9 Å². The number of ether oxygens (including phenoxy) is 2. The lowest BCUT2D eigenvalue weighted by molar-refractivity contribution is 0.198. The molecule has 2 heterocycles. The van der Waals surface area contributed by atoms with Crippen molar-refractivity contribution in [2.45, 2.75) is 11.0 Å². The summed E-state index contributed by atoms with van der Waals surface area (Å²) in [4.78, 5) is -0.280. The van der Waals surface area contributed by atoms with Crippen molar-refractivity contribution < 1.29 is 31.4 Å². The van der Waals surface area contributed by atoms with Gasteiger partial charge in [-0.05, 0) is 30.3 Å². The normalized spacial score (nSPS) is 12.8. The number of anilines is 1. The molecule has 16 heteroatoms. The summed E-state index contributed by atoms with van der Waals surface area (Å²) in [6, 6.07) is 10.4. The number of aliphatic hydroxyl groups excluding tert-OH is 1. The SMILES string of the molecule is COc1cccc(OC)c1-n1c(NS(=O)(=O)C[C@H](O)c2ccc(Cl)cc2S(C)(=O)=O)nnc1-c1ccn(C)n1. The number of para-hydroxylation sites is 1. The van der Waals surface area contributed by atoms with Crippen LogP contribution in [0.4, 0.5) is 5.95 Å². The number of sulfone groups is 1. The molecule has 0 aliphatic carbocycles. The molecule has 0 aliphatic rings. The Morgan fingerprint density at radius 3 is 2.28 bits per heavy atom. The van der Waals surface area contributed by atoms with Gasteiger partial charge in [-0.3, -0.25) is 14.0 Å². The van der Waals surface area contributed by atoms with E-state index in [0.29, 0.717) is 22.9 Å². The van der Waals surface area contributed by atoms with Gasteiger partial charge < -0.3 is 14.6 Å². The molecule has 4 rings (SSSR count). The van der Waals surface area contributed by atoms with Gasteiger partial charge in [-0.15, -0.1) is 10.2 Å². The molecule has 0 bridgehead atoms. The summed E-state index contributed by atoms with van der Waals surface area (Å²) < 4.78 is 67.2. The molecule has 13 nitrogen and oxygen atoms in total. The van der Waals surface area contributed by atoms with Crippen molar-refractivity contribution in [2.75, 3.05) is 31.0 Å². The van der Waals surface area contributed by atoms with Gasteiger partial charge in [0.25, 0.3) is 0 Å². The third kappa shape index (κ3) is 6.00. The zero-order valence-corrected chi connectivity index (χ0v) is 23.6. The fraction of sp³-hybridized carbons (Fsp3) is 0.261. The number of sulfonamides is 1. The number of aliphatic hydroxyl groups is 1. The summed E-state index contributed by atoms with van der Waals surface area (Å²) in [7, 11) is -3.58. The fourth-order valence-corrected chi connectivity index (χ4v) is 6.20. The maximum Gasteiger partial charge on any atom is 0.243 e. The van der Waals surface area contributed by atoms with E-state index in [4.69, 9.17) is 21.1 Å². The molecule has 0 fully saturated rings. The van der Waals surface area contributed by atoms with Crippen molar-refractivity contribution in [3.63, 3.8) is 0 Å². The second-order valence-corrected chi connectivity index (χ2v) is 12.6. The van der Waals surface area contributed by atoms with Gasteiger partial charge in [0.15, 0.2) is 15.7 Å². The second kappa shape index (κ2) is 10.8. The largest absolute Gasteiger partial charge is 0.494 e. The molecule has 1 atom stereocenters. The zero-order valence-electron chi connectivity index (χ0n) is 21.2. The quantitative estimate of drug-likeness (QED) is 0.277. The number of aromatic nitrogens is 5.